The summed E-state index contributed by atoms with van der Waals surface area (Å²) >= 11 is 5.56. The Kier molecular flexibility index (Phi) is 4.23. The normalized spacial score (nSPS) is 11.8. The minimum Gasteiger partial charge on any atom is -0.309 e. The lowest BCUT2D eigenvalue weighted by atomic mass is 10.1. The van der Waals surface area contributed by atoms with Crippen LogP contribution < -0.4 is 0 Å². The van der Waals surface area contributed by atoms with E-state index in [1.165, 1.54) is 58.8 Å². The van der Waals surface area contributed by atoms with E-state index in [0.29, 0.717) is 0 Å². The molecule has 2 heterocycles. The van der Waals surface area contributed by atoms with Gasteiger partial charge in [0, 0.05) is 41.1 Å². The quantitative estimate of drug-likeness (QED) is 0.221. The van der Waals surface area contributed by atoms with Gasteiger partial charge in [-0.05, 0) is 59.7 Å². The molecule has 7 aromatic rings. The van der Waals surface area contributed by atoms with Gasteiger partial charge in [-0.1, -0.05) is 76.6 Å². The summed E-state index contributed by atoms with van der Waals surface area (Å²) in [5, 5.41) is 5.22. The third kappa shape index (κ3) is 2.97. The van der Waals surface area contributed by atoms with Gasteiger partial charge in [-0.2, -0.15) is 0 Å². The molecule has 0 unspecified atom stereocenters. The van der Waals surface area contributed by atoms with E-state index >= 15 is 0 Å². The third-order valence-corrected chi connectivity index (χ3v) is 8.09. The number of fused-ring (bicyclic) bond motifs is 6. The average molecular weight is 504 g/mol. The molecular formula is C30H18BrNS. The molecule has 0 fully saturated rings. The van der Waals surface area contributed by atoms with E-state index in [-0.39, 0.29) is 0 Å². The highest BCUT2D eigenvalue weighted by Gasteiger charge is 2.16. The minimum absolute atomic E-state index is 1.10. The molecule has 0 N–H and O–H groups in total. The van der Waals surface area contributed by atoms with E-state index in [9.17, 15) is 0 Å². The highest BCUT2D eigenvalue weighted by atomic mass is 79.9. The van der Waals surface area contributed by atoms with Crippen molar-refractivity contribution in [1.82, 2.24) is 4.57 Å². The number of thiophene rings is 1. The predicted molar refractivity (Wildman–Crippen MR) is 147 cm³/mol. The maximum absolute atomic E-state index is 3.69. The van der Waals surface area contributed by atoms with Crippen LogP contribution in [0.4, 0.5) is 0 Å². The summed E-state index contributed by atoms with van der Waals surface area (Å²) in [4.78, 5) is 0. The molecule has 3 heteroatoms. The summed E-state index contributed by atoms with van der Waals surface area (Å²) in [5.74, 6) is 0. The second-order valence-corrected chi connectivity index (χ2v) is 10.4. The van der Waals surface area contributed by atoms with Crippen LogP contribution in [-0.4, -0.2) is 4.57 Å². The summed E-state index contributed by atoms with van der Waals surface area (Å²) in [6.07, 6.45) is 0. The van der Waals surface area contributed by atoms with Crippen molar-refractivity contribution in [2.45, 2.75) is 0 Å². The zero-order chi connectivity index (χ0) is 21.9. The first-order valence-electron chi connectivity index (χ1n) is 11.0. The zero-order valence-corrected chi connectivity index (χ0v) is 20.0. The zero-order valence-electron chi connectivity index (χ0n) is 17.6. The minimum atomic E-state index is 1.10. The van der Waals surface area contributed by atoms with Crippen LogP contribution in [0.5, 0.6) is 0 Å². The molecule has 0 atom stereocenters. The van der Waals surface area contributed by atoms with Crippen LogP contribution >= 0.6 is 27.3 Å². The first kappa shape index (κ1) is 19.1. The summed E-state index contributed by atoms with van der Waals surface area (Å²) in [6.45, 7) is 0. The van der Waals surface area contributed by atoms with E-state index < -0.39 is 0 Å². The number of hydrogen-bond donors (Lipinski definition) is 0. The van der Waals surface area contributed by atoms with Crippen molar-refractivity contribution >= 4 is 69.2 Å². The Morgan fingerprint density at radius 3 is 2.09 bits per heavy atom. The average Bonchev–Trinajstić information content (AvgIpc) is 3.38. The molecule has 0 aliphatic carbocycles. The third-order valence-electron chi connectivity index (χ3n) is 6.46. The number of aromatic nitrogens is 1. The molecule has 0 bridgehead atoms. The number of benzene rings is 5. The first-order chi connectivity index (χ1) is 16.3. The molecule has 0 aliphatic heterocycles. The number of halogens is 1. The molecule has 0 spiro atoms. The van der Waals surface area contributed by atoms with Gasteiger partial charge < -0.3 is 4.57 Å². The standard InChI is InChI=1S/C30H18BrNS/c31-21-12-15-27-24(16-21)25-18-30-26(23-8-4-5-9-29(23)33-30)17-28(25)32(27)22-13-10-20(11-14-22)19-6-2-1-3-7-19/h1-18H. The number of rotatable bonds is 2. The molecular weight excluding hydrogens is 486 g/mol. The van der Waals surface area contributed by atoms with Gasteiger partial charge in [-0.25, -0.2) is 0 Å². The second kappa shape index (κ2) is 7.31. The SMILES string of the molecule is Brc1ccc2c(c1)c1cc3sc4ccccc4c3cc1n2-c1ccc(-c2ccccc2)cc1. The smallest absolute Gasteiger partial charge is 0.0548 e. The number of hydrogen-bond acceptors (Lipinski definition) is 1. The monoisotopic (exact) mass is 503 g/mol. The van der Waals surface area contributed by atoms with E-state index in [0.717, 1.165) is 4.47 Å². The summed E-state index contributed by atoms with van der Waals surface area (Å²) in [7, 11) is 0. The van der Waals surface area contributed by atoms with Crippen molar-refractivity contribution in [3.05, 3.63) is 114 Å². The second-order valence-electron chi connectivity index (χ2n) is 8.37. The maximum atomic E-state index is 3.69. The molecule has 7 rings (SSSR count). The van der Waals surface area contributed by atoms with Gasteiger partial charge >= 0.3 is 0 Å². The van der Waals surface area contributed by atoms with Crippen LogP contribution in [0, 0.1) is 0 Å². The van der Waals surface area contributed by atoms with Gasteiger partial charge in [0.25, 0.3) is 0 Å². The highest BCUT2D eigenvalue weighted by molar-refractivity contribution is 9.10. The van der Waals surface area contributed by atoms with Gasteiger partial charge in [0.15, 0.2) is 0 Å². The van der Waals surface area contributed by atoms with Crippen LogP contribution in [0.15, 0.2) is 114 Å². The van der Waals surface area contributed by atoms with Crippen molar-refractivity contribution in [1.29, 1.82) is 0 Å². The molecule has 156 valence electrons. The summed E-state index contributed by atoms with van der Waals surface area (Å²) in [6, 6.07) is 39.5. The molecule has 1 nitrogen and oxygen atoms in total. The Bertz CT molecular complexity index is 1810. The lowest BCUT2D eigenvalue weighted by molar-refractivity contribution is 1.18. The molecule has 0 saturated carbocycles. The van der Waals surface area contributed by atoms with E-state index in [1.807, 2.05) is 11.3 Å². The van der Waals surface area contributed by atoms with Gasteiger partial charge in [0.05, 0.1) is 11.0 Å². The molecule has 5 aromatic carbocycles. The molecule has 0 saturated heterocycles. The molecule has 0 radical (unpaired) electrons. The van der Waals surface area contributed by atoms with Crippen LogP contribution in [-0.2, 0) is 0 Å². The van der Waals surface area contributed by atoms with E-state index in [4.69, 9.17) is 0 Å². The highest BCUT2D eigenvalue weighted by Crippen LogP contribution is 2.41. The van der Waals surface area contributed by atoms with Crippen LogP contribution in [0.3, 0.4) is 0 Å². The maximum Gasteiger partial charge on any atom is 0.0548 e. The topological polar surface area (TPSA) is 4.93 Å². The van der Waals surface area contributed by atoms with Crippen molar-refractivity contribution in [3.8, 4) is 16.8 Å². The Hall–Kier alpha value is -3.40. The Labute approximate surface area is 203 Å². The van der Waals surface area contributed by atoms with Gasteiger partial charge in [-0.3, -0.25) is 0 Å². The fourth-order valence-corrected chi connectivity index (χ4v) is 6.41. The van der Waals surface area contributed by atoms with Gasteiger partial charge in [-0.15, -0.1) is 11.3 Å². The number of nitrogens with zero attached hydrogens (tertiary/aromatic N) is 1. The lowest BCUT2D eigenvalue weighted by Gasteiger charge is -2.10. The van der Waals surface area contributed by atoms with Gasteiger partial charge in [0.1, 0.15) is 0 Å². The van der Waals surface area contributed by atoms with E-state index in [1.54, 1.807) is 0 Å². The van der Waals surface area contributed by atoms with E-state index in [2.05, 4.69) is 130 Å². The van der Waals surface area contributed by atoms with Crippen molar-refractivity contribution in [2.24, 2.45) is 0 Å². The Morgan fingerprint density at radius 1 is 0.515 bits per heavy atom. The van der Waals surface area contributed by atoms with Crippen LogP contribution in [0.25, 0.3) is 58.8 Å². The van der Waals surface area contributed by atoms with Crippen LogP contribution in [0.1, 0.15) is 0 Å². The summed E-state index contributed by atoms with van der Waals surface area (Å²) in [5.41, 5.74) is 6.11. The molecule has 2 aromatic heterocycles. The first-order valence-corrected chi connectivity index (χ1v) is 12.6. The van der Waals surface area contributed by atoms with Crippen molar-refractivity contribution in [3.63, 3.8) is 0 Å². The van der Waals surface area contributed by atoms with Crippen molar-refractivity contribution in [2.75, 3.05) is 0 Å². The largest absolute Gasteiger partial charge is 0.309 e. The lowest BCUT2D eigenvalue weighted by Crippen LogP contribution is -1.93. The Morgan fingerprint density at radius 2 is 1.24 bits per heavy atom. The molecule has 0 amide bonds. The van der Waals surface area contributed by atoms with Crippen molar-refractivity contribution < 1.29 is 0 Å². The fourth-order valence-electron chi connectivity index (χ4n) is 4.92. The predicted octanol–water partition coefficient (Wildman–Crippen LogP) is 9.58. The van der Waals surface area contributed by atoms with Gasteiger partial charge in [0.2, 0.25) is 0 Å². The summed E-state index contributed by atoms with van der Waals surface area (Å²) < 4.78 is 6.18. The fraction of sp³-hybridized carbons (Fsp3) is 0. The molecule has 33 heavy (non-hydrogen) atoms. The van der Waals surface area contributed by atoms with Crippen LogP contribution in [0.2, 0.25) is 0 Å². The molecule has 0 aliphatic rings. The Balaban J connectivity index is 1.54.